The van der Waals surface area contributed by atoms with Crippen LogP contribution in [0.25, 0.3) is 0 Å². The van der Waals surface area contributed by atoms with E-state index in [1.807, 2.05) is 6.92 Å². The van der Waals surface area contributed by atoms with Crippen LogP contribution in [0.5, 0.6) is 0 Å². The summed E-state index contributed by atoms with van der Waals surface area (Å²) in [6.07, 6.45) is 0.367. The Kier molecular flexibility index (Phi) is 11.2. The number of anilines is 1. The number of amides is 8. The molecule has 2 aromatic rings. The van der Waals surface area contributed by atoms with Gasteiger partial charge in [0, 0.05) is 35.8 Å². The van der Waals surface area contributed by atoms with E-state index >= 15 is 0 Å². The fourth-order valence-electron chi connectivity index (χ4n) is 5.00. The largest absolute Gasteiger partial charge is 0.345 e. The second-order valence-corrected chi connectivity index (χ2v) is 11.9. The van der Waals surface area contributed by atoms with Crippen molar-refractivity contribution in [3.05, 3.63) is 63.7 Å². The first-order valence-electron chi connectivity index (χ1n) is 14.9. The van der Waals surface area contributed by atoms with Crippen LogP contribution in [0, 0.1) is 6.92 Å². The molecule has 1 unspecified atom stereocenters. The smallest absolute Gasteiger partial charge is 0.323 e. The number of hydrogen-bond donors (Lipinski definition) is 6. The second kappa shape index (κ2) is 15.0. The standard InChI is InChI=1S/C31H37ClN8O7/c1-16-4-6-21(11-23(16)32)37-31(47)39(15-35-26(42)12-34-28(44)18(3)36-27(43)17(2)33)13-19-5-7-22-20(10-19)14-40(30(22)46)24-8-9-25(41)38-29(24)45/h4-7,10-11,17-18,24H,8-9,12-15,33H2,1-3H3,(H,34,44)(H,35,42)(H,36,43)(H,37,47)(H,38,41,45)/t17-,18-,24?/m0/s1. The van der Waals surface area contributed by atoms with Gasteiger partial charge in [0.1, 0.15) is 12.1 Å². The first-order valence-corrected chi connectivity index (χ1v) is 15.3. The Morgan fingerprint density at radius 3 is 2.49 bits per heavy atom. The molecule has 0 spiro atoms. The van der Waals surface area contributed by atoms with E-state index in [2.05, 4.69) is 26.6 Å². The molecule has 0 aromatic heterocycles. The van der Waals surface area contributed by atoms with Gasteiger partial charge in [-0.1, -0.05) is 29.8 Å². The van der Waals surface area contributed by atoms with Gasteiger partial charge in [0.25, 0.3) is 5.91 Å². The predicted molar refractivity (Wildman–Crippen MR) is 171 cm³/mol. The molecule has 7 N–H and O–H groups in total. The van der Waals surface area contributed by atoms with Crippen LogP contribution in [0.2, 0.25) is 5.02 Å². The zero-order valence-electron chi connectivity index (χ0n) is 26.1. The molecule has 250 valence electrons. The number of carbonyl (C=O) groups is 7. The first-order chi connectivity index (χ1) is 22.2. The third-order valence-electron chi connectivity index (χ3n) is 7.73. The normalized spacial score (nSPS) is 16.8. The molecule has 2 heterocycles. The number of rotatable bonds is 11. The Hall–Kier alpha value is -5.02. The number of hydrogen-bond acceptors (Lipinski definition) is 8. The zero-order chi connectivity index (χ0) is 34.4. The average Bonchev–Trinajstić information content (AvgIpc) is 3.34. The van der Waals surface area contributed by atoms with E-state index in [-0.39, 0.29) is 44.4 Å². The number of carbonyl (C=O) groups excluding carboxylic acids is 7. The van der Waals surface area contributed by atoms with E-state index in [9.17, 15) is 33.6 Å². The summed E-state index contributed by atoms with van der Waals surface area (Å²) in [6.45, 7) is 4.24. The van der Waals surface area contributed by atoms with Crippen molar-refractivity contribution in [3.63, 3.8) is 0 Å². The molecular formula is C31H37ClN8O7. The van der Waals surface area contributed by atoms with E-state index in [1.54, 1.807) is 36.4 Å². The number of nitrogens with one attached hydrogen (secondary N) is 5. The topological polar surface area (TPSA) is 212 Å². The fraction of sp³-hybridized carbons (Fsp3) is 0.387. The Bertz CT molecular complexity index is 1610. The summed E-state index contributed by atoms with van der Waals surface area (Å²) in [6, 6.07) is 7.00. The van der Waals surface area contributed by atoms with E-state index in [1.165, 1.54) is 23.6 Å². The maximum absolute atomic E-state index is 13.4. The van der Waals surface area contributed by atoms with Crippen molar-refractivity contribution in [2.45, 2.75) is 64.8 Å². The number of halogens is 1. The van der Waals surface area contributed by atoms with Gasteiger partial charge in [-0.05, 0) is 62.1 Å². The molecule has 0 saturated carbocycles. The summed E-state index contributed by atoms with van der Waals surface area (Å²) in [5, 5.41) is 13.0. The molecule has 2 aromatic carbocycles. The quantitative estimate of drug-likeness (QED) is 0.146. The molecular weight excluding hydrogens is 632 g/mol. The van der Waals surface area contributed by atoms with Crippen molar-refractivity contribution in [1.29, 1.82) is 0 Å². The van der Waals surface area contributed by atoms with Crippen molar-refractivity contribution in [2.75, 3.05) is 18.5 Å². The Balaban J connectivity index is 1.43. The molecule has 2 aliphatic rings. The van der Waals surface area contributed by atoms with Crippen molar-refractivity contribution >= 4 is 58.8 Å². The molecule has 1 fully saturated rings. The molecule has 3 atom stereocenters. The molecule has 47 heavy (non-hydrogen) atoms. The monoisotopic (exact) mass is 668 g/mol. The van der Waals surface area contributed by atoms with E-state index in [0.29, 0.717) is 27.4 Å². The minimum absolute atomic E-state index is 0.0122. The number of benzene rings is 2. The highest BCUT2D eigenvalue weighted by Crippen LogP contribution is 2.29. The van der Waals surface area contributed by atoms with Crippen LogP contribution >= 0.6 is 11.6 Å². The highest BCUT2D eigenvalue weighted by atomic mass is 35.5. The highest BCUT2D eigenvalue weighted by Gasteiger charge is 2.39. The van der Waals surface area contributed by atoms with Gasteiger partial charge in [0.15, 0.2) is 0 Å². The SMILES string of the molecule is Cc1ccc(NC(=O)N(CNC(=O)CNC(=O)[C@H](C)NC(=O)[C@H](C)N)Cc2ccc3c(c2)CN(C2CCC(=O)NC2=O)C3=O)cc1Cl. The van der Waals surface area contributed by atoms with Crippen molar-refractivity contribution in [1.82, 2.24) is 31.1 Å². The molecule has 0 aliphatic carbocycles. The highest BCUT2D eigenvalue weighted by molar-refractivity contribution is 6.31. The number of fused-ring (bicyclic) bond motifs is 1. The lowest BCUT2D eigenvalue weighted by Gasteiger charge is -2.29. The van der Waals surface area contributed by atoms with Gasteiger partial charge in [-0.3, -0.25) is 34.1 Å². The minimum Gasteiger partial charge on any atom is -0.345 e. The lowest BCUT2D eigenvalue weighted by Crippen LogP contribution is -2.52. The number of nitrogens with zero attached hydrogens (tertiary/aromatic N) is 2. The Morgan fingerprint density at radius 2 is 1.81 bits per heavy atom. The summed E-state index contributed by atoms with van der Waals surface area (Å²) in [7, 11) is 0. The van der Waals surface area contributed by atoms with Crippen LogP contribution in [0.15, 0.2) is 36.4 Å². The average molecular weight is 669 g/mol. The summed E-state index contributed by atoms with van der Waals surface area (Å²) in [5.41, 5.74) is 8.46. The molecule has 0 bridgehead atoms. The lowest BCUT2D eigenvalue weighted by atomic mass is 10.0. The molecule has 0 radical (unpaired) electrons. The third-order valence-corrected chi connectivity index (χ3v) is 8.13. The van der Waals surface area contributed by atoms with Gasteiger partial charge in [-0.25, -0.2) is 4.79 Å². The fourth-order valence-corrected chi connectivity index (χ4v) is 5.18. The van der Waals surface area contributed by atoms with E-state index in [4.69, 9.17) is 17.3 Å². The van der Waals surface area contributed by atoms with Crippen LogP contribution in [0.4, 0.5) is 10.5 Å². The lowest BCUT2D eigenvalue weighted by molar-refractivity contribution is -0.137. The van der Waals surface area contributed by atoms with Crippen LogP contribution in [-0.4, -0.2) is 82.6 Å². The molecule has 16 heteroatoms. The predicted octanol–water partition coefficient (Wildman–Crippen LogP) is 0.485. The van der Waals surface area contributed by atoms with Crippen molar-refractivity contribution < 1.29 is 33.6 Å². The van der Waals surface area contributed by atoms with Gasteiger partial charge in [0.2, 0.25) is 29.5 Å². The molecule has 8 amide bonds. The Labute approximate surface area is 275 Å². The number of urea groups is 1. The summed E-state index contributed by atoms with van der Waals surface area (Å²) in [5.74, 6) is -2.93. The van der Waals surface area contributed by atoms with Crippen LogP contribution < -0.4 is 32.3 Å². The van der Waals surface area contributed by atoms with Crippen LogP contribution in [0.3, 0.4) is 0 Å². The minimum atomic E-state index is -0.928. The van der Waals surface area contributed by atoms with Gasteiger partial charge >= 0.3 is 6.03 Å². The number of aryl methyl sites for hydroxylation is 1. The Morgan fingerprint density at radius 1 is 1.06 bits per heavy atom. The van der Waals surface area contributed by atoms with Gasteiger partial charge in [0.05, 0.1) is 19.3 Å². The van der Waals surface area contributed by atoms with Crippen molar-refractivity contribution in [3.8, 4) is 0 Å². The van der Waals surface area contributed by atoms with Gasteiger partial charge in [-0.2, -0.15) is 0 Å². The molecule has 1 saturated heterocycles. The van der Waals surface area contributed by atoms with E-state index < -0.39 is 54.3 Å². The third kappa shape index (κ3) is 8.83. The summed E-state index contributed by atoms with van der Waals surface area (Å²) < 4.78 is 0. The zero-order valence-corrected chi connectivity index (χ0v) is 26.9. The maximum atomic E-state index is 13.4. The molecule has 4 rings (SSSR count). The van der Waals surface area contributed by atoms with E-state index in [0.717, 1.165) is 5.56 Å². The first kappa shape index (κ1) is 34.8. The molecule has 15 nitrogen and oxygen atoms in total. The van der Waals surface area contributed by atoms with Gasteiger partial charge < -0.3 is 36.8 Å². The molecule has 2 aliphatic heterocycles. The summed E-state index contributed by atoms with van der Waals surface area (Å²) in [4.78, 5) is 90.0. The summed E-state index contributed by atoms with van der Waals surface area (Å²) >= 11 is 6.23. The van der Waals surface area contributed by atoms with Crippen LogP contribution in [0.1, 0.15) is 53.7 Å². The second-order valence-electron chi connectivity index (χ2n) is 11.5. The number of imide groups is 1. The number of piperidine rings is 1. The number of nitrogens with two attached hydrogens (primary N) is 1. The van der Waals surface area contributed by atoms with Crippen LogP contribution in [-0.2, 0) is 37.1 Å². The van der Waals surface area contributed by atoms with Gasteiger partial charge in [-0.15, -0.1) is 0 Å². The maximum Gasteiger partial charge on any atom is 0.323 e. The van der Waals surface area contributed by atoms with Crippen molar-refractivity contribution in [2.24, 2.45) is 5.73 Å².